The normalized spacial score (nSPS) is 13.9. The zero-order valence-electron chi connectivity index (χ0n) is 19.5. The number of alkyl carbamates (subject to hydrolysis) is 1. The van der Waals surface area contributed by atoms with Crippen LogP contribution in [0.3, 0.4) is 0 Å². The van der Waals surface area contributed by atoms with Gasteiger partial charge in [-0.3, -0.25) is 4.79 Å². The Morgan fingerprint density at radius 2 is 1.69 bits per heavy atom. The van der Waals surface area contributed by atoms with Gasteiger partial charge in [0.15, 0.2) is 0 Å². The molecule has 7 nitrogen and oxygen atoms in total. The van der Waals surface area contributed by atoms with E-state index in [2.05, 4.69) is 47.5 Å². The second kappa shape index (κ2) is 13.8. The third-order valence-corrected chi connectivity index (χ3v) is 6.99. The minimum Gasteiger partial charge on any atom is -0.445 e. The van der Waals surface area contributed by atoms with Crippen LogP contribution in [-0.2, 0) is 11.3 Å². The van der Waals surface area contributed by atoms with Gasteiger partial charge in [0.25, 0.3) is 5.91 Å². The van der Waals surface area contributed by atoms with Crippen LogP contribution in [0.5, 0.6) is 0 Å². The highest BCUT2D eigenvalue weighted by Gasteiger charge is 2.29. The van der Waals surface area contributed by atoms with Crippen LogP contribution in [0.1, 0.15) is 28.5 Å². The van der Waals surface area contributed by atoms with Crippen molar-refractivity contribution < 1.29 is 19.4 Å². The molecular weight excluding hydrogens is 590 g/mol. The summed E-state index contributed by atoms with van der Waals surface area (Å²) in [6, 6.07) is 18.7. The lowest BCUT2D eigenvalue weighted by Crippen LogP contribution is -2.56. The van der Waals surface area contributed by atoms with Gasteiger partial charge in [-0.15, -0.1) is 0 Å². The van der Waals surface area contributed by atoms with E-state index in [1.54, 1.807) is 31.2 Å². The van der Waals surface area contributed by atoms with E-state index in [0.29, 0.717) is 14.8 Å². The Balaban J connectivity index is 1.84. The van der Waals surface area contributed by atoms with Gasteiger partial charge in [-0.2, -0.15) is 0 Å². The van der Waals surface area contributed by atoms with Crippen molar-refractivity contribution in [2.24, 2.45) is 0 Å². The van der Waals surface area contributed by atoms with E-state index in [-0.39, 0.29) is 6.61 Å². The number of aliphatic hydroxyl groups excluding tert-OH is 1. The zero-order chi connectivity index (χ0) is 25.9. The summed E-state index contributed by atoms with van der Waals surface area (Å²) in [6.07, 6.45) is 4.94. The summed E-state index contributed by atoms with van der Waals surface area (Å²) < 4.78 is 6.68. The molecular formula is C27H27Br2N3O4. The number of halogens is 2. The number of carbonyl (C=O) groups excluding carboxylic acids is 2. The van der Waals surface area contributed by atoms with E-state index in [1.807, 2.05) is 66.7 Å². The Bertz CT molecular complexity index is 1180. The van der Waals surface area contributed by atoms with Gasteiger partial charge in [-0.1, -0.05) is 85.0 Å². The molecule has 0 fully saturated rings. The first-order chi connectivity index (χ1) is 17.4. The fourth-order valence-corrected chi connectivity index (χ4v) is 4.05. The van der Waals surface area contributed by atoms with Gasteiger partial charge in [0.2, 0.25) is 0 Å². The zero-order valence-corrected chi connectivity index (χ0v) is 22.7. The monoisotopic (exact) mass is 615 g/mol. The van der Waals surface area contributed by atoms with Gasteiger partial charge in [0.1, 0.15) is 12.3 Å². The van der Waals surface area contributed by atoms with E-state index < -0.39 is 30.2 Å². The summed E-state index contributed by atoms with van der Waals surface area (Å²) in [4.78, 5) is 28.7. The molecule has 1 unspecified atom stereocenters. The predicted octanol–water partition coefficient (Wildman–Crippen LogP) is 5.58. The fraction of sp³-hybridized carbons (Fsp3) is 0.185. The van der Waals surface area contributed by atoms with Crippen LogP contribution in [0.4, 0.5) is 4.79 Å². The maximum atomic E-state index is 13.1. The first kappa shape index (κ1) is 27.4. The summed E-state index contributed by atoms with van der Waals surface area (Å²) >= 11 is 6.69. The van der Waals surface area contributed by atoms with Crippen molar-refractivity contribution >= 4 is 49.9 Å². The second-order valence-corrected chi connectivity index (χ2v) is 9.51. The molecule has 188 valence electrons. The van der Waals surface area contributed by atoms with Crippen molar-refractivity contribution in [3.8, 4) is 0 Å². The van der Waals surface area contributed by atoms with Gasteiger partial charge in [-0.25, -0.2) is 4.79 Å². The summed E-state index contributed by atoms with van der Waals surface area (Å²) in [5.41, 5.74) is 2.03. The molecule has 1 aromatic heterocycles. The van der Waals surface area contributed by atoms with E-state index in [9.17, 15) is 14.7 Å². The highest BCUT2D eigenvalue weighted by atomic mass is 79.9. The molecule has 0 saturated carbocycles. The number of aliphatic hydroxyl groups is 1. The van der Waals surface area contributed by atoms with E-state index >= 15 is 0 Å². The first-order valence-corrected chi connectivity index (χ1v) is 12.8. The van der Waals surface area contributed by atoms with E-state index in [4.69, 9.17) is 4.74 Å². The summed E-state index contributed by atoms with van der Waals surface area (Å²) in [6.45, 7) is 1.83. The molecule has 0 aliphatic rings. The van der Waals surface area contributed by atoms with Crippen LogP contribution in [-0.4, -0.2) is 40.3 Å². The molecule has 0 spiro atoms. The highest BCUT2D eigenvalue weighted by Crippen LogP contribution is 2.23. The van der Waals surface area contributed by atoms with Crippen LogP contribution in [0.2, 0.25) is 0 Å². The number of benzene rings is 2. The number of hydrogen-bond donors (Lipinski definition) is 4. The number of nitrogens with one attached hydrogen (secondary N) is 3. The molecule has 0 aliphatic carbocycles. The highest BCUT2D eigenvalue weighted by molar-refractivity contribution is 9.13. The summed E-state index contributed by atoms with van der Waals surface area (Å²) in [7, 11) is 0. The third-order valence-electron chi connectivity index (χ3n) is 5.20. The lowest BCUT2D eigenvalue weighted by molar-refractivity contribution is 0.0886. The molecule has 2 amide bonds. The van der Waals surface area contributed by atoms with Crippen LogP contribution in [0.15, 0.2) is 94.0 Å². The van der Waals surface area contributed by atoms with Gasteiger partial charge < -0.3 is 25.5 Å². The third kappa shape index (κ3) is 8.22. The number of ether oxygens (including phenoxy) is 1. The Morgan fingerprint density at radius 1 is 1.03 bits per heavy atom. The van der Waals surface area contributed by atoms with Crippen molar-refractivity contribution in [2.45, 2.75) is 31.7 Å². The molecule has 3 rings (SSSR count). The number of aromatic amines is 1. The number of amides is 2. The molecule has 9 heteroatoms. The fourth-order valence-electron chi connectivity index (χ4n) is 3.40. The smallest absolute Gasteiger partial charge is 0.407 e. The molecule has 36 heavy (non-hydrogen) atoms. The SMILES string of the molecule is C/C=C/C(O)[C@@H](NC(=O)OCc1ccccc1)[C@@H](/C=C/c1ccccc1)NC(=O)c1cc(Br)c(Br)[nH]1. The predicted molar refractivity (Wildman–Crippen MR) is 147 cm³/mol. The van der Waals surface area contributed by atoms with Crippen molar-refractivity contribution in [2.75, 3.05) is 0 Å². The topological polar surface area (TPSA) is 103 Å². The van der Waals surface area contributed by atoms with Crippen molar-refractivity contribution in [3.05, 3.63) is 111 Å². The quantitative estimate of drug-likeness (QED) is 0.223. The van der Waals surface area contributed by atoms with Gasteiger partial charge in [-0.05, 0) is 56.0 Å². The summed E-state index contributed by atoms with van der Waals surface area (Å²) in [5.74, 6) is -0.416. The molecule has 0 saturated heterocycles. The number of allylic oxidation sites excluding steroid dienone is 1. The van der Waals surface area contributed by atoms with E-state index in [1.165, 1.54) is 0 Å². The largest absolute Gasteiger partial charge is 0.445 e. The van der Waals surface area contributed by atoms with Crippen molar-refractivity contribution in [1.29, 1.82) is 0 Å². The first-order valence-electron chi connectivity index (χ1n) is 11.2. The Morgan fingerprint density at radius 3 is 2.31 bits per heavy atom. The van der Waals surface area contributed by atoms with Crippen LogP contribution in [0.25, 0.3) is 6.08 Å². The maximum Gasteiger partial charge on any atom is 0.407 e. The molecule has 3 atom stereocenters. The maximum absolute atomic E-state index is 13.1. The number of hydrogen-bond acceptors (Lipinski definition) is 4. The van der Waals surface area contributed by atoms with Crippen LogP contribution >= 0.6 is 31.9 Å². The lowest BCUT2D eigenvalue weighted by atomic mass is 9.99. The van der Waals surface area contributed by atoms with Crippen molar-refractivity contribution in [1.82, 2.24) is 15.6 Å². The van der Waals surface area contributed by atoms with Gasteiger partial charge in [0.05, 0.1) is 27.3 Å². The molecule has 0 aliphatic heterocycles. The molecule has 4 N–H and O–H groups in total. The lowest BCUT2D eigenvalue weighted by Gasteiger charge is -2.29. The average molecular weight is 617 g/mol. The molecule has 1 heterocycles. The number of aromatic nitrogens is 1. The number of rotatable bonds is 10. The molecule has 0 radical (unpaired) electrons. The second-order valence-electron chi connectivity index (χ2n) is 7.86. The van der Waals surface area contributed by atoms with Gasteiger partial charge >= 0.3 is 6.09 Å². The van der Waals surface area contributed by atoms with Gasteiger partial charge in [0, 0.05) is 0 Å². The van der Waals surface area contributed by atoms with Crippen LogP contribution < -0.4 is 10.6 Å². The minimum absolute atomic E-state index is 0.0700. The molecule has 3 aromatic rings. The minimum atomic E-state index is -1.10. The van der Waals surface area contributed by atoms with Crippen LogP contribution in [0, 0.1) is 0 Å². The molecule has 2 aromatic carbocycles. The summed E-state index contributed by atoms with van der Waals surface area (Å²) in [5, 5.41) is 16.5. The Hall–Kier alpha value is -3.14. The van der Waals surface area contributed by atoms with E-state index in [0.717, 1.165) is 11.1 Å². The standard InChI is InChI=1S/C27H27Br2N3O4/c1-2-9-23(33)24(32-27(35)36-17-19-12-7-4-8-13-19)21(15-14-18-10-5-3-6-11-18)31-26(34)22-16-20(28)25(29)30-22/h2-16,21,23-24,30,33H,17H2,1H3,(H,31,34)(H,32,35)/b9-2+,15-14+/t21-,23?,24+/m1/s1. The number of H-pyrrole nitrogens is 1. The van der Waals surface area contributed by atoms with Crippen molar-refractivity contribution in [3.63, 3.8) is 0 Å². The molecule has 0 bridgehead atoms. The average Bonchev–Trinajstić information content (AvgIpc) is 3.23. The number of carbonyl (C=O) groups is 2. The Kier molecular flexibility index (Phi) is 10.5. The Labute approximate surface area is 226 Å².